The molecule has 0 saturated heterocycles. The first kappa shape index (κ1) is 17.4. The molecule has 8 heteroatoms. The number of aliphatic hydroxyl groups excluding tert-OH is 1. The van der Waals surface area contributed by atoms with Crippen molar-refractivity contribution in [2.24, 2.45) is 10.7 Å². The molecule has 23 heavy (non-hydrogen) atoms. The maximum atomic E-state index is 14.6. The van der Waals surface area contributed by atoms with Crippen LogP contribution in [0.3, 0.4) is 0 Å². The number of carbonyl (C=O) groups is 1. The van der Waals surface area contributed by atoms with Gasteiger partial charge in [-0.05, 0) is 30.3 Å². The molecule has 0 radical (unpaired) electrons. The van der Waals surface area contributed by atoms with Crippen molar-refractivity contribution in [2.45, 2.75) is 0 Å². The zero-order valence-corrected chi connectivity index (χ0v) is 14.0. The highest BCUT2D eigenvalue weighted by molar-refractivity contribution is 9.10. The summed E-state index contributed by atoms with van der Waals surface area (Å²) < 4.78 is 15.3. The zero-order valence-electron chi connectivity index (χ0n) is 11.7. The van der Waals surface area contributed by atoms with Gasteiger partial charge in [0, 0.05) is 10.0 Å². The maximum absolute atomic E-state index is 14.6. The van der Waals surface area contributed by atoms with E-state index in [1.165, 1.54) is 12.1 Å². The van der Waals surface area contributed by atoms with Gasteiger partial charge in [0.25, 0.3) is 0 Å². The first-order valence-electron chi connectivity index (χ1n) is 6.40. The number of halogens is 3. The molecular formula is C15H12BrClFN3O2. The molecule has 0 spiro atoms. The molecule has 4 N–H and O–H groups in total. The molecule has 0 aliphatic carbocycles. The highest BCUT2D eigenvalue weighted by atomic mass is 79.9. The molecule has 2 aromatic carbocycles. The molecule has 0 amide bonds. The minimum absolute atomic E-state index is 0.0139. The predicted octanol–water partition coefficient (Wildman–Crippen LogP) is 3.78. The number of carbonyl (C=O) groups excluding carboxylic acids is 1. The van der Waals surface area contributed by atoms with Crippen LogP contribution in [0.4, 0.5) is 21.5 Å². The Balaban J connectivity index is 2.57. The summed E-state index contributed by atoms with van der Waals surface area (Å²) in [6.07, 6.45) is 0.947. The molecule has 0 fully saturated rings. The monoisotopic (exact) mass is 399 g/mol. The lowest BCUT2D eigenvalue weighted by Crippen LogP contribution is -2.09. The van der Waals surface area contributed by atoms with Crippen LogP contribution < -0.4 is 11.1 Å². The fourth-order valence-electron chi connectivity index (χ4n) is 1.91. The molecule has 0 aromatic heterocycles. The van der Waals surface area contributed by atoms with Gasteiger partial charge in [0.15, 0.2) is 11.6 Å². The predicted molar refractivity (Wildman–Crippen MR) is 92.6 cm³/mol. The highest BCUT2D eigenvalue weighted by Crippen LogP contribution is 2.34. The minimum Gasteiger partial charge on any atom is -0.390 e. The van der Waals surface area contributed by atoms with Gasteiger partial charge < -0.3 is 16.2 Å². The number of Topliss-reactive ketones (excluding diaryl/α,β-unsaturated/α-hetero) is 1. The van der Waals surface area contributed by atoms with Crippen molar-refractivity contribution in [1.82, 2.24) is 0 Å². The number of benzene rings is 2. The number of nitrogens with two attached hydrogens (primary N) is 1. The second-order valence-corrected chi connectivity index (χ2v) is 5.75. The molecule has 0 bridgehead atoms. The Labute approximate surface area is 145 Å². The lowest BCUT2D eigenvalue weighted by Gasteiger charge is -2.14. The van der Waals surface area contributed by atoms with E-state index in [-0.39, 0.29) is 16.9 Å². The zero-order chi connectivity index (χ0) is 17.0. The van der Waals surface area contributed by atoms with Crippen molar-refractivity contribution in [3.8, 4) is 0 Å². The normalized spacial score (nSPS) is 11.0. The fraction of sp³-hybridized carbons (Fsp3) is 0.0667. The fourth-order valence-corrected chi connectivity index (χ4v) is 2.63. The number of nitrogens with zero attached hydrogens (tertiary/aromatic N) is 1. The summed E-state index contributed by atoms with van der Waals surface area (Å²) in [7, 11) is 0. The van der Waals surface area contributed by atoms with Crippen LogP contribution in [0.2, 0.25) is 5.02 Å². The van der Waals surface area contributed by atoms with Crippen LogP contribution in [0.15, 0.2) is 39.8 Å². The molecule has 0 aliphatic rings. The van der Waals surface area contributed by atoms with Crippen LogP contribution in [0.25, 0.3) is 0 Å². The molecule has 0 unspecified atom stereocenters. The van der Waals surface area contributed by atoms with Crippen molar-refractivity contribution in [1.29, 1.82) is 0 Å². The molecule has 0 aliphatic heterocycles. The molecule has 0 heterocycles. The summed E-state index contributed by atoms with van der Waals surface area (Å²) >= 11 is 9.37. The van der Waals surface area contributed by atoms with Crippen molar-refractivity contribution < 1.29 is 14.3 Å². The number of anilines is 2. The van der Waals surface area contributed by atoms with E-state index in [9.17, 15) is 9.18 Å². The summed E-state index contributed by atoms with van der Waals surface area (Å²) in [5.41, 5.74) is 5.40. The van der Waals surface area contributed by atoms with Gasteiger partial charge in [0.05, 0.1) is 22.7 Å². The van der Waals surface area contributed by atoms with Gasteiger partial charge in [-0.2, -0.15) is 0 Å². The maximum Gasteiger partial charge on any atom is 0.190 e. The van der Waals surface area contributed by atoms with Crippen molar-refractivity contribution in [3.63, 3.8) is 0 Å². The molecule has 0 saturated carbocycles. The second-order valence-electron chi connectivity index (χ2n) is 4.43. The SMILES string of the molecule is NC=Nc1ccc(C(=O)CO)c(Nc2ccc(Br)cc2Cl)c1F. The van der Waals surface area contributed by atoms with Crippen LogP contribution in [0.1, 0.15) is 10.4 Å². The Morgan fingerprint density at radius 2 is 2.17 bits per heavy atom. The topological polar surface area (TPSA) is 87.7 Å². The summed E-state index contributed by atoms with van der Waals surface area (Å²) in [6, 6.07) is 7.62. The molecule has 120 valence electrons. The van der Waals surface area contributed by atoms with E-state index in [0.717, 1.165) is 10.8 Å². The lowest BCUT2D eigenvalue weighted by molar-refractivity contribution is 0.0904. The van der Waals surface area contributed by atoms with E-state index in [1.807, 2.05) is 0 Å². The van der Waals surface area contributed by atoms with E-state index < -0.39 is 18.2 Å². The van der Waals surface area contributed by atoms with Crippen molar-refractivity contribution in [2.75, 3.05) is 11.9 Å². The minimum atomic E-state index is -0.773. The number of hydrogen-bond donors (Lipinski definition) is 3. The highest BCUT2D eigenvalue weighted by Gasteiger charge is 2.19. The quantitative estimate of drug-likeness (QED) is 0.405. The summed E-state index contributed by atoms with van der Waals surface area (Å²) in [4.78, 5) is 15.5. The number of aliphatic hydroxyl groups is 1. The lowest BCUT2D eigenvalue weighted by atomic mass is 10.1. The van der Waals surface area contributed by atoms with Crippen LogP contribution in [0.5, 0.6) is 0 Å². The Morgan fingerprint density at radius 3 is 2.78 bits per heavy atom. The van der Waals surface area contributed by atoms with Crippen LogP contribution in [-0.4, -0.2) is 23.8 Å². The van der Waals surface area contributed by atoms with E-state index in [0.29, 0.717) is 10.7 Å². The van der Waals surface area contributed by atoms with Gasteiger partial charge in [0.1, 0.15) is 12.3 Å². The van der Waals surface area contributed by atoms with Gasteiger partial charge in [0.2, 0.25) is 0 Å². The molecule has 0 atom stereocenters. The average Bonchev–Trinajstić information content (AvgIpc) is 2.53. The van der Waals surface area contributed by atoms with Gasteiger partial charge in [-0.1, -0.05) is 27.5 Å². The first-order chi connectivity index (χ1) is 11.0. The summed E-state index contributed by atoms with van der Waals surface area (Å²) in [6.45, 7) is -0.748. The molecular weight excluding hydrogens is 389 g/mol. The Kier molecular flexibility index (Phi) is 5.70. The number of ketones is 1. The Morgan fingerprint density at radius 1 is 1.43 bits per heavy atom. The van der Waals surface area contributed by atoms with Gasteiger partial charge in [-0.15, -0.1) is 0 Å². The van der Waals surface area contributed by atoms with E-state index >= 15 is 0 Å². The Hall–Kier alpha value is -1.96. The second kappa shape index (κ2) is 7.54. The molecule has 5 nitrogen and oxygen atoms in total. The number of nitrogens with one attached hydrogen (secondary N) is 1. The van der Waals surface area contributed by atoms with Gasteiger partial charge in [-0.3, -0.25) is 4.79 Å². The Bertz CT molecular complexity index is 784. The number of hydrogen-bond acceptors (Lipinski definition) is 4. The smallest absolute Gasteiger partial charge is 0.190 e. The number of rotatable bonds is 5. The standard InChI is InChI=1S/C15H12BrClFN3O2/c16-8-1-3-11(10(17)5-8)21-15-9(13(23)6-22)2-4-12(14(15)18)20-7-19/h1-5,7,21-22H,6H2,(H2,19,20). The summed E-state index contributed by atoms with van der Waals surface area (Å²) in [5.74, 6) is -1.41. The van der Waals surface area contributed by atoms with E-state index in [2.05, 4.69) is 26.2 Å². The van der Waals surface area contributed by atoms with Crippen LogP contribution in [-0.2, 0) is 0 Å². The third-order valence-corrected chi connectivity index (χ3v) is 3.78. The third kappa shape index (κ3) is 3.87. The summed E-state index contributed by atoms with van der Waals surface area (Å²) in [5, 5.41) is 12.2. The van der Waals surface area contributed by atoms with Crippen LogP contribution in [0, 0.1) is 5.82 Å². The van der Waals surface area contributed by atoms with Gasteiger partial charge >= 0.3 is 0 Å². The first-order valence-corrected chi connectivity index (χ1v) is 7.58. The number of aliphatic imine (C=N–C) groups is 1. The van der Waals surface area contributed by atoms with Crippen molar-refractivity contribution in [3.05, 3.63) is 51.2 Å². The van der Waals surface area contributed by atoms with E-state index in [1.54, 1.807) is 18.2 Å². The molecule has 2 rings (SSSR count). The third-order valence-electron chi connectivity index (χ3n) is 2.97. The van der Waals surface area contributed by atoms with Crippen molar-refractivity contribution >= 4 is 56.7 Å². The van der Waals surface area contributed by atoms with E-state index in [4.69, 9.17) is 22.4 Å². The van der Waals surface area contributed by atoms with Crippen LogP contribution >= 0.6 is 27.5 Å². The average molecular weight is 401 g/mol. The largest absolute Gasteiger partial charge is 0.390 e. The molecule has 2 aromatic rings. The van der Waals surface area contributed by atoms with Gasteiger partial charge in [-0.25, -0.2) is 9.38 Å².